The van der Waals surface area contributed by atoms with Gasteiger partial charge in [0.2, 0.25) is 0 Å². The molecule has 3 rings (SSSR count). The summed E-state index contributed by atoms with van der Waals surface area (Å²) in [5.74, 6) is 1.17. The third-order valence-corrected chi connectivity index (χ3v) is 4.10. The molecule has 0 fully saturated rings. The molecule has 0 saturated carbocycles. The highest BCUT2D eigenvalue weighted by molar-refractivity contribution is 5.95. The van der Waals surface area contributed by atoms with Crippen LogP contribution in [0.15, 0.2) is 36.4 Å². The number of methoxy groups -OCH3 is 2. The third kappa shape index (κ3) is 3.66. The third-order valence-electron chi connectivity index (χ3n) is 4.10. The second-order valence-corrected chi connectivity index (χ2v) is 5.85. The number of non-ortho nitro benzene ring substituents is 1. The maximum atomic E-state index is 12.5. The Hall–Kier alpha value is -3.62. The van der Waals surface area contributed by atoms with E-state index >= 15 is 0 Å². The van der Waals surface area contributed by atoms with Crippen molar-refractivity contribution in [3.8, 4) is 11.5 Å². The van der Waals surface area contributed by atoms with E-state index in [2.05, 4.69) is 15.3 Å². The highest BCUT2D eigenvalue weighted by atomic mass is 16.6. The van der Waals surface area contributed by atoms with Crippen LogP contribution in [0.4, 0.5) is 5.69 Å². The Morgan fingerprint density at radius 1 is 1.19 bits per heavy atom. The van der Waals surface area contributed by atoms with Crippen molar-refractivity contribution in [2.45, 2.75) is 13.0 Å². The largest absolute Gasteiger partial charge is 0.493 e. The van der Waals surface area contributed by atoms with Crippen molar-refractivity contribution in [2.24, 2.45) is 0 Å². The van der Waals surface area contributed by atoms with E-state index < -0.39 is 11.0 Å². The predicted molar refractivity (Wildman–Crippen MR) is 98.2 cm³/mol. The average Bonchev–Trinajstić information content (AvgIpc) is 3.10. The molecule has 0 radical (unpaired) electrons. The Labute approximate surface area is 154 Å². The van der Waals surface area contributed by atoms with Gasteiger partial charge in [0.15, 0.2) is 11.5 Å². The van der Waals surface area contributed by atoms with Crippen LogP contribution in [0.2, 0.25) is 0 Å². The summed E-state index contributed by atoms with van der Waals surface area (Å²) in [5.41, 5.74) is 1.50. The number of amides is 1. The molecule has 1 unspecified atom stereocenters. The molecule has 2 aromatic carbocycles. The number of nitro benzene ring substituents is 1. The van der Waals surface area contributed by atoms with Gasteiger partial charge in [-0.1, -0.05) is 0 Å². The molecule has 9 nitrogen and oxygen atoms in total. The van der Waals surface area contributed by atoms with E-state index in [0.717, 1.165) is 0 Å². The van der Waals surface area contributed by atoms with Crippen molar-refractivity contribution < 1.29 is 19.2 Å². The maximum absolute atomic E-state index is 12.5. The Balaban J connectivity index is 1.80. The van der Waals surface area contributed by atoms with E-state index in [-0.39, 0.29) is 11.6 Å². The zero-order valence-electron chi connectivity index (χ0n) is 15.0. The molecule has 0 bridgehead atoms. The number of hydrogen-bond donors (Lipinski definition) is 2. The lowest BCUT2D eigenvalue weighted by Gasteiger charge is -2.13. The smallest absolute Gasteiger partial charge is 0.271 e. The van der Waals surface area contributed by atoms with Gasteiger partial charge in [-0.2, -0.15) is 0 Å². The number of nitrogens with zero attached hydrogens (tertiary/aromatic N) is 2. The summed E-state index contributed by atoms with van der Waals surface area (Å²) >= 11 is 0. The number of H-pyrrole nitrogens is 1. The van der Waals surface area contributed by atoms with Gasteiger partial charge in [-0.3, -0.25) is 14.9 Å². The molecule has 27 heavy (non-hydrogen) atoms. The van der Waals surface area contributed by atoms with Crippen LogP contribution in [-0.4, -0.2) is 35.0 Å². The van der Waals surface area contributed by atoms with Crippen molar-refractivity contribution >= 4 is 22.6 Å². The minimum absolute atomic E-state index is 0.0280. The Kier molecular flexibility index (Phi) is 4.93. The van der Waals surface area contributed by atoms with Crippen molar-refractivity contribution in [3.63, 3.8) is 0 Å². The molecule has 2 N–H and O–H groups in total. The zero-order valence-corrected chi connectivity index (χ0v) is 15.0. The topological polar surface area (TPSA) is 119 Å². The number of ether oxygens (including phenoxy) is 2. The molecule has 1 atom stereocenters. The van der Waals surface area contributed by atoms with Crippen molar-refractivity contribution in [1.82, 2.24) is 15.3 Å². The summed E-state index contributed by atoms with van der Waals surface area (Å²) in [6, 6.07) is 8.80. The number of imidazole rings is 1. The van der Waals surface area contributed by atoms with E-state index in [1.165, 1.54) is 26.4 Å². The fraction of sp³-hybridized carbons (Fsp3) is 0.222. The molecule has 0 aliphatic heterocycles. The van der Waals surface area contributed by atoms with Crippen LogP contribution in [0, 0.1) is 10.1 Å². The van der Waals surface area contributed by atoms with E-state index in [1.54, 1.807) is 31.2 Å². The summed E-state index contributed by atoms with van der Waals surface area (Å²) < 4.78 is 10.4. The van der Waals surface area contributed by atoms with Crippen molar-refractivity contribution in [3.05, 3.63) is 57.9 Å². The molecule has 0 saturated heterocycles. The molecule has 1 heterocycles. The van der Waals surface area contributed by atoms with Gasteiger partial charge in [-0.25, -0.2) is 4.98 Å². The lowest BCUT2D eigenvalue weighted by molar-refractivity contribution is -0.384. The number of aromatic amines is 1. The molecule has 140 valence electrons. The Morgan fingerprint density at radius 3 is 2.59 bits per heavy atom. The average molecular weight is 370 g/mol. The molecular weight excluding hydrogens is 352 g/mol. The lowest BCUT2D eigenvalue weighted by Crippen LogP contribution is -2.27. The lowest BCUT2D eigenvalue weighted by atomic mass is 10.1. The quantitative estimate of drug-likeness (QED) is 0.508. The molecule has 1 amide bonds. The van der Waals surface area contributed by atoms with Crippen LogP contribution in [0.3, 0.4) is 0 Å². The van der Waals surface area contributed by atoms with Gasteiger partial charge < -0.3 is 19.8 Å². The van der Waals surface area contributed by atoms with Gasteiger partial charge in [-0.05, 0) is 31.2 Å². The molecular formula is C18H18N4O5. The minimum Gasteiger partial charge on any atom is -0.493 e. The number of nitrogens with one attached hydrogen (secondary N) is 2. The van der Waals surface area contributed by atoms with Crippen LogP contribution in [0.5, 0.6) is 11.5 Å². The summed E-state index contributed by atoms with van der Waals surface area (Å²) in [7, 11) is 3.02. The van der Waals surface area contributed by atoms with Gasteiger partial charge in [0.05, 0.1) is 36.2 Å². The molecule has 0 aliphatic carbocycles. The number of carbonyl (C=O) groups is 1. The first kappa shape index (κ1) is 18.2. The van der Waals surface area contributed by atoms with Gasteiger partial charge in [-0.15, -0.1) is 0 Å². The summed E-state index contributed by atoms with van der Waals surface area (Å²) in [5, 5.41) is 13.7. The highest BCUT2D eigenvalue weighted by Gasteiger charge is 2.17. The van der Waals surface area contributed by atoms with E-state index in [0.29, 0.717) is 33.9 Å². The predicted octanol–water partition coefficient (Wildman–Crippen LogP) is 2.98. The molecule has 0 aliphatic rings. The van der Waals surface area contributed by atoms with Gasteiger partial charge in [0.1, 0.15) is 5.82 Å². The summed E-state index contributed by atoms with van der Waals surface area (Å²) in [6.07, 6.45) is 0. The van der Waals surface area contributed by atoms with Crippen LogP contribution in [-0.2, 0) is 0 Å². The van der Waals surface area contributed by atoms with Gasteiger partial charge in [0.25, 0.3) is 11.6 Å². The first-order chi connectivity index (χ1) is 12.9. The van der Waals surface area contributed by atoms with Crippen molar-refractivity contribution in [1.29, 1.82) is 0 Å². The first-order valence-electron chi connectivity index (χ1n) is 8.10. The molecule has 3 aromatic rings. The summed E-state index contributed by atoms with van der Waals surface area (Å²) in [6.45, 7) is 1.77. The number of benzene rings is 2. The second-order valence-electron chi connectivity index (χ2n) is 5.85. The fourth-order valence-corrected chi connectivity index (χ4v) is 2.66. The fourth-order valence-electron chi connectivity index (χ4n) is 2.66. The monoisotopic (exact) mass is 370 g/mol. The normalized spacial score (nSPS) is 11.8. The van der Waals surface area contributed by atoms with Crippen LogP contribution in [0.1, 0.15) is 29.1 Å². The molecule has 9 heteroatoms. The number of carbonyl (C=O) groups excluding carboxylic acids is 1. The molecule has 1 aromatic heterocycles. The van der Waals surface area contributed by atoms with Gasteiger partial charge >= 0.3 is 0 Å². The Morgan fingerprint density at radius 2 is 1.93 bits per heavy atom. The van der Waals surface area contributed by atoms with Gasteiger partial charge in [0, 0.05) is 17.7 Å². The van der Waals surface area contributed by atoms with Crippen LogP contribution in [0.25, 0.3) is 11.0 Å². The zero-order chi connectivity index (χ0) is 19.6. The number of rotatable bonds is 6. The van der Waals surface area contributed by atoms with Crippen LogP contribution < -0.4 is 14.8 Å². The number of aromatic nitrogens is 2. The Bertz CT molecular complexity index is 1010. The SMILES string of the molecule is COc1ccc(C(=O)NC(C)c2nc3ccc([N+](=O)[O-])cc3[nH]2)cc1OC. The van der Waals surface area contributed by atoms with E-state index in [9.17, 15) is 14.9 Å². The minimum atomic E-state index is -0.470. The number of hydrogen-bond acceptors (Lipinski definition) is 6. The summed E-state index contributed by atoms with van der Waals surface area (Å²) in [4.78, 5) is 30.3. The highest BCUT2D eigenvalue weighted by Crippen LogP contribution is 2.28. The maximum Gasteiger partial charge on any atom is 0.271 e. The molecule has 0 spiro atoms. The number of fused-ring (bicyclic) bond motifs is 1. The van der Waals surface area contributed by atoms with Crippen LogP contribution >= 0.6 is 0 Å². The first-order valence-corrected chi connectivity index (χ1v) is 8.10. The van der Waals surface area contributed by atoms with E-state index in [1.807, 2.05) is 0 Å². The van der Waals surface area contributed by atoms with E-state index in [4.69, 9.17) is 9.47 Å². The second kappa shape index (κ2) is 7.32. The number of nitro groups is 1. The van der Waals surface area contributed by atoms with Crippen molar-refractivity contribution in [2.75, 3.05) is 14.2 Å². The standard InChI is InChI=1S/C18H18N4O5/c1-10(17-20-13-6-5-12(22(24)25)9-14(13)21-17)19-18(23)11-4-7-15(26-2)16(8-11)27-3/h4-10H,1-3H3,(H,19,23)(H,20,21).